The maximum atomic E-state index is 13.8. The largest absolute Gasteiger partial charge is 0.367 e. The number of benzene rings is 1. The first-order valence-electron chi connectivity index (χ1n) is 5.31. The number of rotatable bonds is 4. The summed E-state index contributed by atoms with van der Waals surface area (Å²) >= 11 is 7.29. The Morgan fingerprint density at radius 1 is 1.39 bits per heavy atom. The van der Waals surface area contributed by atoms with E-state index in [-0.39, 0.29) is 0 Å². The molecule has 2 nitrogen and oxygen atoms in total. The van der Waals surface area contributed by atoms with Gasteiger partial charge < -0.3 is 4.90 Å². The van der Waals surface area contributed by atoms with Crippen molar-refractivity contribution in [3.63, 3.8) is 0 Å². The van der Waals surface area contributed by atoms with Gasteiger partial charge in [-0.25, -0.2) is 4.39 Å². The van der Waals surface area contributed by atoms with Gasteiger partial charge in [0.15, 0.2) is 6.29 Å². The molecule has 18 heavy (non-hydrogen) atoms. The van der Waals surface area contributed by atoms with Gasteiger partial charge in [0.25, 0.3) is 0 Å². The number of para-hydroxylation sites is 1. The normalized spacial score (nSPS) is 10.4. The van der Waals surface area contributed by atoms with Crippen LogP contribution in [-0.2, 0) is 6.54 Å². The third-order valence-electron chi connectivity index (χ3n) is 2.55. The van der Waals surface area contributed by atoms with E-state index in [1.807, 2.05) is 6.07 Å². The van der Waals surface area contributed by atoms with Gasteiger partial charge in [-0.15, -0.1) is 11.3 Å². The second kappa shape index (κ2) is 5.50. The van der Waals surface area contributed by atoms with Crippen molar-refractivity contribution in [1.82, 2.24) is 0 Å². The molecule has 1 aromatic heterocycles. The van der Waals surface area contributed by atoms with Crippen molar-refractivity contribution < 1.29 is 9.18 Å². The van der Waals surface area contributed by atoms with Crippen molar-refractivity contribution in [1.29, 1.82) is 0 Å². The number of anilines is 1. The van der Waals surface area contributed by atoms with Crippen LogP contribution in [0.2, 0.25) is 4.34 Å². The number of hydrogen-bond acceptors (Lipinski definition) is 3. The summed E-state index contributed by atoms with van der Waals surface area (Å²) < 4.78 is 14.5. The van der Waals surface area contributed by atoms with Crippen LogP contribution in [0.15, 0.2) is 30.3 Å². The van der Waals surface area contributed by atoms with Crippen LogP contribution in [0.3, 0.4) is 0 Å². The first-order chi connectivity index (χ1) is 8.61. The number of hydrogen-bond donors (Lipinski definition) is 0. The molecule has 0 fully saturated rings. The van der Waals surface area contributed by atoms with Crippen LogP contribution < -0.4 is 4.90 Å². The van der Waals surface area contributed by atoms with E-state index >= 15 is 0 Å². The van der Waals surface area contributed by atoms with Crippen LogP contribution in [0.25, 0.3) is 0 Å². The number of carbonyl (C=O) groups is 1. The number of thiophene rings is 1. The second-order valence-electron chi connectivity index (χ2n) is 3.86. The highest BCUT2D eigenvalue weighted by atomic mass is 35.5. The molecule has 0 aliphatic heterocycles. The van der Waals surface area contributed by atoms with Gasteiger partial charge in [0, 0.05) is 17.5 Å². The van der Waals surface area contributed by atoms with Crippen LogP contribution in [0, 0.1) is 5.82 Å². The Balaban J connectivity index is 2.28. The number of nitrogens with zero attached hydrogens (tertiary/aromatic N) is 1. The highest BCUT2D eigenvalue weighted by molar-refractivity contribution is 7.16. The lowest BCUT2D eigenvalue weighted by molar-refractivity contribution is 0.112. The summed E-state index contributed by atoms with van der Waals surface area (Å²) in [6.45, 7) is 0.513. The molecule has 0 amide bonds. The van der Waals surface area contributed by atoms with E-state index in [4.69, 9.17) is 11.6 Å². The molecule has 5 heteroatoms. The Kier molecular flexibility index (Phi) is 3.99. The minimum Gasteiger partial charge on any atom is -0.367 e. The van der Waals surface area contributed by atoms with E-state index in [0.717, 1.165) is 4.88 Å². The molecule has 0 saturated heterocycles. The summed E-state index contributed by atoms with van der Waals surface area (Å²) in [6.07, 6.45) is 0.663. The smallest absolute Gasteiger partial charge is 0.152 e. The molecule has 0 N–H and O–H groups in total. The minimum absolute atomic E-state index is 0.317. The van der Waals surface area contributed by atoms with Crippen LogP contribution in [0.1, 0.15) is 15.2 Å². The predicted octanol–water partition coefficient (Wildman–Crippen LogP) is 3.99. The third-order valence-corrected chi connectivity index (χ3v) is 3.76. The second-order valence-corrected chi connectivity index (χ2v) is 5.66. The van der Waals surface area contributed by atoms with Gasteiger partial charge in [0.05, 0.1) is 16.6 Å². The zero-order valence-corrected chi connectivity index (χ0v) is 11.3. The van der Waals surface area contributed by atoms with Gasteiger partial charge in [-0.3, -0.25) is 4.79 Å². The zero-order valence-electron chi connectivity index (χ0n) is 9.69. The van der Waals surface area contributed by atoms with Crippen molar-refractivity contribution in [2.24, 2.45) is 0 Å². The Labute approximate surface area is 114 Å². The van der Waals surface area contributed by atoms with E-state index in [2.05, 4.69) is 0 Å². The van der Waals surface area contributed by atoms with Gasteiger partial charge in [-0.1, -0.05) is 17.7 Å². The highest BCUT2D eigenvalue weighted by Gasteiger charge is 2.13. The molecule has 94 valence electrons. The van der Waals surface area contributed by atoms with Crippen LogP contribution >= 0.6 is 22.9 Å². The Hall–Kier alpha value is -1.39. The molecule has 0 aliphatic rings. The van der Waals surface area contributed by atoms with Crippen LogP contribution in [0.4, 0.5) is 10.1 Å². The highest BCUT2D eigenvalue weighted by Crippen LogP contribution is 2.27. The molecule has 1 aromatic carbocycles. The number of carbonyl (C=O) groups excluding carboxylic acids is 1. The number of aldehydes is 1. The van der Waals surface area contributed by atoms with Crippen LogP contribution in [0.5, 0.6) is 0 Å². The monoisotopic (exact) mass is 283 g/mol. The van der Waals surface area contributed by atoms with Gasteiger partial charge >= 0.3 is 0 Å². The third kappa shape index (κ3) is 2.71. The van der Waals surface area contributed by atoms with E-state index in [1.54, 1.807) is 24.1 Å². The Morgan fingerprint density at radius 2 is 2.17 bits per heavy atom. The molecule has 0 unspecified atom stereocenters. The fraction of sp³-hybridized carbons (Fsp3) is 0.154. The molecule has 1 heterocycles. The maximum Gasteiger partial charge on any atom is 0.152 e. The molecule has 0 aliphatic carbocycles. The average molecular weight is 284 g/mol. The van der Waals surface area contributed by atoms with Gasteiger partial charge in [-0.05, 0) is 24.3 Å². The van der Waals surface area contributed by atoms with E-state index in [1.165, 1.54) is 23.5 Å². The van der Waals surface area contributed by atoms with Crippen molar-refractivity contribution in [2.75, 3.05) is 11.9 Å². The lowest BCUT2D eigenvalue weighted by Gasteiger charge is -2.20. The van der Waals surface area contributed by atoms with E-state index in [9.17, 15) is 9.18 Å². The predicted molar refractivity (Wildman–Crippen MR) is 73.2 cm³/mol. The van der Waals surface area contributed by atoms with E-state index < -0.39 is 5.82 Å². The van der Waals surface area contributed by atoms with E-state index in [0.29, 0.717) is 28.4 Å². The molecule has 0 spiro atoms. The average Bonchev–Trinajstić information content (AvgIpc) is 2.74. The first-order valence-corrected chi connectivity index (χ1v) is 6.50. The van der Waals surface area contributed by atoms with Crippen molar-refractivity contribution >= 4 is 34.9 Å². The lowest BCUT2D eigenvalue weighted by Crippen LogP contribution is -2.18. The summed E-state index contributed by atoms with van der Waals surface area (Å²) in [5.41, 5.74) is 0.664. The van der Waals surface area contributed by atoms with Gasteiger partial charge in [-0.2, -0.15) is 0 Å². The van der Waals surface area contributed by atoms with Gasteiger partial charge in [0.1, 0.15) is 5.82 Å². The summed E-state index contributed by atoms with van der Waals surface area (Å²) in [6, 6.07) is 8.17. The summed E-state index contributed by atoms with van der Waals surface area (Å²) in [5, 5.41) is 0. The zero-order chi connectivity index (χ0) is 13.1. The Morgan fingerprint density at radius 3 is 2.78 bits per heavy atom. The molecule has 0 radical (unpaired) electrons. The fourth-order valence-corrected chi connectivity index (χ4v) is 2.92. The minimum atomic E-state index is -0.398. The standard InChI is InChI=1S/C13H11ClFNOS/c1-16(7-10-5-6-12(14)18-10)13-9(8-17)3-2-4-11(13)15/h2-6,8H,7H2,1H3. The Bertz CT molecular complexity index is 570. The SMILES string of the molecule is CN(Cc1ccc(Cl)s1)c1c(F)cccc1C=O. The summed E-state index contributed by atoms with van der Waals surface area (Å²) in [7, 11) is 1.75. The number of halogens is 2. The first kappa shape index (κ1) is 13.1. The molecule has 2 aromatic rings. The maximum absolute atomic E-state index is 13.8. The van der Waals surface area contributed by atoms with Crippen molar-refractivity contribution in [2.45, 2.75) is 6.54 Å². The summed E-state index contributed by atoms with van der Waals surface area (Å²) in [4.78, 5) is 13.7. The topological polar surface area (TPSA) is 20.3 Å². The summed E-state index contributed by atoms with van der Waals surface area (Å²) in [5.74, 6) is -0.398. The molecular weight excluding hydrogens is 273 g/mol. The quantitative estimate of drug-likeness (QED) is 0.791. The molecule has 0 saturated carbocycles. The molecule has 2 rings (SSSR count). The van der Waals surface area contributed by atoms with Crippen molar-refractivity contribution in [3.05, 3.63) is 50.9 Å². The van der Waals surface area contributed by atoms with Gasteiger partial charge in [0.2, 0.25) is 0 Å². The lowest BCUT2D eigenvalue weighted by atomic mass is 10.1. The molecule has 0 bridgehead atoms. The van der Waals surface area contributed by atoms with Crippen molar-refractivity contribution in [3.8, 4) is 0 Å². The van der Waals surface area contributed by atoms with Crippen LogP contribution in [-0.4, -0.2) is 13.3 Å². The fourth-order valence-electron chi connectivity index (χ4n) is 1.78. The molecular formula is C13H11ClFNOS. The molecule has 0 atom stereocenters.